The van der Waals surface area contributed by atoms with Crippen molar-refractivity contribution in [2.45, 2.75) is 19.8 Å². The summed E-state index contributed by atoms with van der Waals surface area (Å²) in [6, 6.07) is 8.28. The molecule has 0 radical (unpaired) electrons. The van der Waals surface area contributed by atoms with Gasteiger partial charge in [0.15, 0.2) is 0 Å². The summed E-state index contributed by atoms with van der Waals surface area (Å²) in [5.74, 6) is 0.957. The molecule has 0 saturated carbocycles. The molecule has 4 nitrogen and oxygen atoms in total. The molecule has 0 fully saturated rings. The lowest BCUT2D eigenvalue weighted by molar-refractivity contribution is 0.313. The third-order valence-corrected chi connectivity index (χ3v) is 3.42. The van der Waals surface area contributed by atoms with Crippen molar-refractivity contribution in [3.63, 3.8) is 0 Å². The third-order valence-electron chi connectivity index (χ3n) is 3.42. The van der Waals surface area contributed by atoms with Gasteiger partial charge in [0.1, 0.15) is 5.75 Å². The van der Waals surface area contributed by atoms with Crippen molar-refractivity contribution in [3.8, 4) is 11.4 Å². The molecule has 0 saturated heterocycles. The summed E-state index contributed by atoms with van der Waals surface area (Å²) in [7, 11) is 1.93. The molecule has 0 unspecified atom stereocenters. The minimum Gasteiger partial charge on any atom is -0.493 e. The molecule has 4 heteroatoms. The van der Waals surface area contributed by atoms with Gasteiger partial charge in [-0.1, -0.05) is 19.4 Å². The summed E-state index contributed by atoms with van der Waals surface area (Å²) in [5, 5.41) is 5.37. The number of aromatic nitrogens is 3. The predicted molar refractivity (Wildman–Crippen MR) is 80.4 cm³/mol. The third kappa shape index (κ3) is 2.29. The van der Waals surface area contributed by atoms with Crippen LogP contribution in [-0.2, 0) is 7.05 Å². The molecule has 1 aromatic carbocycles. The van der Waals surface area contributed by atoms with Crippen LogP contribution in [0.4, 0.5) is 0 Å². The first-order valence-electron chi connectivity index (χ1n) is 7.01. The largest absolute Gasteiger partial charge is 0.493 e. The first kappa shape index (κ1) is 12.8. The molecule has 104 valence electrons. The average Bonchev–Trinajstić information content (AvgIpc) is 3.05. The fraction of sp³-hybridized carbons (Fsp3) is 0.312. The molecule has 2 aromatic heterocycles. The van der Waals surface area contributed by atoms with Gasteiger partial charge < -0.3 is 9.30 Å². The smallest absolute Gasteiger partial charge is 0.128 e. The lowest BCUT2D eigenvalue weighted by atomic mass is 10.2. The van der Waals surface area contributed by atoms with E-state index in [1.165, 1.54) is 0 Å². The Morgan fingerprint density at radius 1 is 1.25 bits per heavy atom. The van der Waals surface area contributed by atoms with E-state index in [0.29, 0.717) is 0 Å². The molecule has 0 atom stereocenters. The van der Waals surface area contributed by atoms with Crippen LogP contribution < -0.4 is 4.74 Å². The molecule has 20 heavy (non-hydrogen) atoms. The quantitative estimate of drug-likeness (QED) is 0.663. The second-order valence-electron chi connectivity index (χ2n) is 4.95. The van der Waals surface area contributed by atoms with Gasteiger partial charge in [-0.2, -0.15) is 5.10 Å². The minimum absolute atomic E-state index is 0.772. The molecule has 0 N–H and O–H groups in total. The molecular formula is C16H19N3O. The number of nitrogens with zero attached hydrogens (tertiary/aromatic N) is 3. The van der Waals surface area contributed by atoms with E-state index < -0.39 is 0 Å². The van der Waals surface area contributed by atoms with Crippen LogP contribution in [0.25, 0.3) is 16.6 Å². The van der Waals surface area contributed by atoms with Crippen molar-refractivity contribution in [1.82, 2.24) is 14.3 Å². The average molecular weight is 269 g/mol. The van der Waals surface area contributed by atoms with Gasteiger partial charge in [0, 0.05) is 24.8 Å². The van der Waals surface area contributed by atoms with Gasteiger partial charge in [-0.3, -0.25) is 4.68 Å². The number of aryl methyl sites for hydroxylation is 1. The summed E-state index contributed by atoms with van der Waals surface area (Å²) >= 11 is 0. The van der Waals surface area contributed by atoms with Gasteiger partial charge in [0.2, 0.25) is 0 Å². The van der Waals surface area contributed by atoms with Crippen LogP contribution in [-0.4, -0.2) is 21.0 Å². The molecule has 0 aliphatic rings. The van der Waals surface area contributed by atoms with Crippen LogP contribution in [0.1, 0.15) is 19.8 Å². The fourth-order valence-corrected chi connectivity index (χ4v) is 2.35. The Morgan fingerprint density at radius 2 is 2.15 bits per heavy atom. The summed E-state index contributed by atoms with van der Waals surface area (Å²) < 4.78 is 9.82. The molecule has 2 heterocycles. The zero-order valence-electron chi connectivity index (χ0n) is 11.9. The molecule has 0 amide bonds. The maximum atomic E-state index is 5.88. The second kappa shape index (κ2) is 5.41. The SMILES string of the molecule is CCCCOc1cccc2c1ccn2-c1cnn(C)c1. The number of hydrogen-bond donors (Lipinski definition) is 0. The van der Waals surface area contributed by atoms with Crippen LogP contribution in [0, 0.1) is 0 Å². The van der Waals surface area contributed by atoms with Gasteiger partial charge in [0.25, 0.3) is 0 Å². The lowest BCUT2D eigenvalue weighted by Gasteiger charge is -2.07. The van der Waals surface area contributed by atoms with Crippen LogP contribution in [0.3, 0.4) is 0 Å². The number of hydrogen-bond acceptors (Lipinski definition) is 2. The topological polar surface area (TPSA) is 32.0 Å². The predicted octanol–water partition coefficient (Wildman–Crippen LogP) is 3.54. The van der Waals surface area contributed by atoms with Crippen molar-refractivity contribution in [3.05, 3.63) is 42.9 Å². The highest BCUT2D eigenvalue weighted by Crippen LogP contribution is 2.28. The fourth-order valence-electron chi connectivity index (χ4n) is 2.35. The number of unbranched alkanes of at least 4 members (excludes halogenated alkanes) is 1. The zero-order valence-corrected chi connectivity index (χ0v) is 11.9. The standard InChI is InChI=1S/C16H19N3O/c1-3-4-10-20-16-7-5-6-15-14(16)8-9-19(15)13-11-17-18(2)12-13/h5-9,11-12H,3-4,10H2,1-2H3. The Balaban J connectivity index is 1.99. The van der Waals surface area contributed by atoms with E-state index in [9.17, 15) is 0 Å². The van der Waals surface area contributed by atoms with Crippen molar-refractivity contribution in [1.29, 1.82) is 0 Å². The van der Waals surface area contributed by atoms with E-state index in [2.05, 4.69) is 34.9 Å². The second-order valence-corrected chi connectivity index (χ2v) is 4.95. The zero-order chi connectivity index (χ0) is 13.9. The van der Waals surface area contributed by atoms with E-state index in [1.54, 1.807) is 0 Å². The van der Waals surface area contributed by atoms with Crippen LogP contribution in [0.15, 0.2) is 42.9 Å². The van der Waals surface area contributed by atoms with E-state index in [0.717, 1.165) is 41.8 Å². The first-order chi connectivity index (χ1) is 9.79. The molecule has 0 aliphatic heterocycles. The monoisotopic (exact) mass is 269 g/mol. The highest BCUT2D eigenvalue weighted by atomic mass is 16.5. The normalized spacial score (nSPS) is 11.1. The van der Waals surface area contributed by atoms with Gasteiger partial charge in [-0.15, -0.1) is 0 Å². The Hall–Kier alpha value is -2.23. The van der Waals surface area contributed by atoms with E-state index >= 15 is 0 Å². The Bertz CT molecular complexity index is 711. The van der Waals surface area contributed by atoms with Crippen LogP contribution >= 0.6 is 0 Å². The Morgan fingerprint density at radius 3 is 2.90 bits per heavy atom. The van der Waals surface area contributed by atoms with Gasteiger partial charge in [-0.25, -0.2) is 0 Å². The van der Waals surface area contributed by atoms with E-state index in [4.69, 9.17) is 4.74 Å². The van der Waals surface area contributed by atoms with Gasteiger partial charge in [0.05, 0.1) is 24.0 Å². The van der Waals surface area contributed by atoms with Gasteiger partial charge in [-0.05, 0) is 24.6 Å². The minimum atomic E-state index is 0.772. The number of ether oxygens (including phenoxy) is 1. The van der Waals surface area contributed by atoms with Crippen molar-refractivity contribution in [2.24, 2.45) is 7.05 Å². The van der Waals surface area contributed by atoms with Gasteiger partial charge >= 0.3 is 0 Å². The van der Waals surface area contributed by atoms with E-state index in [1.807, 2.05) is 36.3 Å². The lowest BCUT2D eigenvalue weighted by Crippen LogP contribution is -1.97. The molecule has 0 bridgehead atoms. The van der Waals surface area contributed by atoms with Crippen LogP contribution in [0.2, 0.25) is 0 Å². The molecule has 3 rings (SSSR count). The van der Waals surface area contributed by atoms with E-state index in [-0.39, 0.29) is 0 Å². The molecule has 0 aliphatic carbocycles. The first-order valence-corrected chi connectivity index (χ1v) is 7.01. The number of benzene rings is 1. The van der Waals surface area contributed by atoms with Crippen molar-refractivity contribution in [2.75, 3.05) is 6.61 Å². The maximum absolute atomic E-state index is 5.88. The number of fused-ring (bicyclic) bond motifs is 1. The Kier molecular flexibility index (Phi) is 3.46. The summed E-state index contributed by atoms with van der Waals surface area (Å²) in [4.78, 5) is 0. The van der Waals surface area contributed by atoms with Crippen molar-refractivity contribution < 1.29 is 4.74 Å². The highest BCUT2D eigenvalue weighted by molar-refractivity contribution is 5.87. The molecule has 0 spiro atoms. The van der Waals surface area contributed by atoms with Crippen LogP contribution in [0.5, 0.6) is 5.75 Å². The maximum Gasteiger partial charge on any atom is 0.128 e. The summed E-state index contributed by atoms with van der Waals surface area (Å²) in [6.45, 7) is 2.94. The number of rotatable bonds is 5. The Labute approximate surface area is 118 Å². The molecule has 3 aromatic rings. The summed E-state index contributed by atoms with van der Waals surface area (Å²) in [5.41, 5.74) is 2.21. The summed E-state index contributed by atoms with van der Waals surface area (Å²) in [6.07, 6.45) is 8.16. The highest BCUT2D eigenvalue weighted by Gasteiger charge is 2.08. The van der Waals surface area contributed by atoms with Crippen molar-refractivity contribution >= 4 is 10.9 Å². The molecular weight excluding hydrogens is 250 g/mol.